The molecule has 0 radical (unpaired) electrons. The van der Waals surface area contributed by atoms with Crippen LogP contribution in [0.15, 0.2) is 12.3 Å². The van der Waals surface area contributed by atoms with Crippen LogP contribution in [0.1, 0.15) is 43.5 Å². The van der Waals surface area contributed by atoms with Crippen LogP contribution in [0.5, 0.6) is 0 Å². The highest BCUT2D eigenvalue weighted by Gasteiger charge is 2.20. The van der Waals surface area contributed by atoms with E-state index in [2.05, 4.69) is 40.2 Å². The molecule has 2 aromatic rings. The number of hydrogen-bond donors (Lipinski definition) is 2. The fourth-order valence-electron chi connectivity index (χ4n) is 2.48. The largest absolute Gasteiger partial charge is 0.340 e. The van der Waals surface area contributed by atoms with E-state index in [1.54, 1.807) is 0 Å². The maximum Gasteiger partial charge on any atom is 0.177 e. The van der Waals surface area contributed by atoms with Crippen LogP contribution in [0.25, 0.3) is 11.2 Å². The van der Waals surface area contributed by atoms with Crippen molar-refractivity contribution in [1.82, 2.24) is 20.3 Å². The Hall–Kier alpha value is -1.42. The van der Waals surface area contributed by atoms with E-state index in [4.69, 9.17) is 0 Å². The molecule has 1 atom stereocenters. The van der Waals surface area contributed by atoms with Gasteiger partial charge in [0.05, 0.1) is 5.52 Å². The molecular formula is C13H18N4. The number of hydrogen-bond acceptors (Lipinski definition) is 3. The van der Waals surface area contributed by atoms with E-state index in [0.717, 1.165) is 30.1 Å². The van der Waals surface area contributed by atoms with Gasteiger partial charge in [0.15, 0.2) is 5.65 Å². The Balaban J connectivity index is 2.11. The highest BCUT2D eigenvalue weighted by atomic mass is 15.0. The second kappa shape index (κ2) is 4.11. The molecule has 2 N–H and O–H groups in total. The normalized spacial score (nSPS) is 20.5. The molecule has 0 amide bonds. The first kappa shape index (κ1) is 10.7. The summed E-state index contributed by atoms with van der Waals surface area (Å²) in [5.74, 6) is 2.05. The summed E-state index contributed by atoms with van der Waals surface area (Å²) in [5, 5.41) is 3.41. The second-order valence-corrected chi connectivity index (χ2v) is 5.07. The monoisotopic (exact) mass is 230 g/mol. The Kier molecular flexibility index (Phi) is 2.59. The third-order valence-electron chi connectivity index (χ3n) is 3.49. The van der Waals surface area contributed by atoms with Gasteiger partial charge >= 0.3 is 0 Å². The Morgan fingerprint density at radius 3 is 3.00 bits per heavy atom. The van der Waals surface area contributed by atoms with Crippen LogP contribution in [0.3, 0.4) is 0 Å². The summed E-state index contributed by atoms with van der Waals surface area (Å²) in [5.41, 5.74) is 3.35. The maximum absolute atomic E-state index is 4.56. The molecule has 90 valence electrons. The van der Waals surface area contributed by atoms with Crippen LogP contribution < -0.4 is 5.32 Å². The van der Waals surface area contributed by atoms with Gasteiger partial charge < -0.3 is 10.3 Å². The molecule has 2 aromatic heterocycles. The highest BCUT2D eigenvalue weighted by molar-refractivity contribution is 5.75. The summed E-state index contributed by atoms with van der Waals surface area (Å²) in [7, 11) is 0. The van der Waals surface area contributed by atoms with Crippen LogP contribution in [-0.4, -0.2) is 28.0 Å². The number of imidazole rings is 1. The molecule has 1 fully saturated rings. The highest BCUT2D eigenvalue weighted by Crippen LogP contribution is 2.28. The molecule has 0 saturated carbocycles. The first-order chi connectivity index (χ1) is 8.25. The van der Waals surface area contributed by atoms with Gasteiger partial charge in [-0.15, -0.1) is 0 Å². The predicted molar refractivity (Wildman–Crippen MR) is 68.2 cm³/mol. The topological polar surface area (TPSA) is 53.6 Å². The van der Waals surface area contributed by atoms with Gasteiger partial charge in [-0.25, -0.2) is 9.97 Å². The number of pyridine rings is 1. The first-order valence-corrected chi connectivity index (χ1v) is 6.31. The van der Waals surface area contributed by atoms with Crippen molar-refractivity contribution >= 4 is 11.2 Å². The van der Waals surface area contributed by atoms with Crippen molar-refractivity contribution in [3.8, 4) is 0 Å². The van der Waals surface area contributed by atoms with Crippen molar-refractivity contribution < 1.29 is 0 Å². The van der Waals surface area contributed by atoms with Crippen LogP contribution in [0.2, 0.25) is 0 Å². The Bertz CT molecular complexity index is 523. The summed E-state index contributed by atoms with van der Waals surface area (Å²) >= 11 is 0. The molecule has 4 nitrogen and oxygen atoms in total. The molecule has 0 spiro atoms. The van der Waals surface area contributed by atoms with Crippen LogP contribution in [0.4, 0.5) is 0 Å². The smallest absolute Gasteiger partial charge is 0.177 e. The van der Waals surface area contributed by atoms with Gasteiger partial charge in [0, 0.05) is 18.7 Å². The summed E-state index contributed by atoms with van der Waals surface area (Å²) < 4.78 is 0. The van der Waals surface area contributed by atoms with Gasteiger partial charge in [0.25, 0.3) is 0 Å². The zero-order chi connectivity index (χ0) is 11.8. The summed E-state index contributed by atoms with van der Waals surface area (Å²) in [6.45, 7) is 6.47. The lowest BCUT2D eigenvalue weighted by Crippen LogP contribution is -2.08. The van der Waals surface area contributed by atoms with E-state index in [9.17, 15) is 0 Å². The molecule has 3 heterocycles. The molecule has 17 heavy (non-hydrogen) atoms. The quantitative estimate of drug-likeness (QED) is 0.831. The SMILES string of the molecule is CC(C)c1nc2nccc(C3CCNC3)c2[nH]1. The van der Waals surface area contributed by atoms with Gasteiger partial charge in [0.1, 0.15) is 5.82 Å². The Morgan fingerprint density at radius 2 is 2.29 bits per heavy atom. The molecule has 1 unspecified atom stereocenters. The lowest BCUT2D eigenvalue weighted by molar-refractivity contribution is 0.765. The van der Waals surface area contributed by atoms with E-state index < -0.39 is 0 Å². The minimum absolute atomic E-state index is 0.416. The number of nitrogens with zero attached hydrogens (tertiary/aromatic N) is 2. The van der Waals surface area contributed by atoms with Crippen LogP contribution >= 0.6 is 0 Å². The number of aromatic amines is 1. The Labute approximate surface area is 101 Å². The minimum Gasteiger partial charge on any atom is -0.340 e. The number of rotatable bonds is 2. The predicted octanol–water partition coefficient (Wildman–Crippen LogP) is 2.16. The molecule has 1 aliphatic heterocycles. The van der Waals surface area contributed by atoms with E-state index in [-0.39, 0.29) is 0 Å². The van der Waals surface area contributed by atoms with Gasteiger partial charge in [-0.3, -0.25) is 0 Å². The zero-order valence-electron chi connectivity index (χ0n) is 10.3. The summed E-state index contributed by atoms with van der Waals surface area (Å²) in [4.78, 5) is 12.3. The van der Waals surface area contributed by atoms with Crippen molar-refractivity contribution in [2.24, 2.45) is 0 Å². The van der Waals surface area contributed by atoms with Gasteiger partial charge in [-0.05, 0) is 30.5 Å². The van der Waals surface area contributed by atoms with E-state index in [0.29, 0.717) is 11.8 Å². The molecule has 0 aromatic carbocycles. The standard InChI is InChI=1S/C13H18N4/c1-8(2)12-16-11-10(9-3-5-14-7-9)4-6-15-13(11)17-12/h4,6,8-9,14H,3,5,7H2,1-2H3,(H,15,16,17). The fraction of sp³-hybridized carbons (Fsp3) is 0.538. The number of aromatic nitrogens is 3. The number of nitrogens with one attached hydrogen (secondary N) is 2. The van der Waals surface area contributed by atoms with Crippen molar-refractivity contribution in [3.63, 3.8) is 0 Å². The van der Waals surface area contributed by atoms with Crippen molar-refractivity contribution in [3.05, 3.63) is 23.7 Å². The van der Waals surface area contributed by atoms with Gasteiger partial charge in [-0.2, -0.15) is 0 Å². The van der Waals surface area contributed by atoms with E-state index in [1.807, 2.05) is 6.20 Å². The maximum atomic E-state index is 4.56. The second-order valence-electron chi connectivity index (χ2n) is 5.07. The first-order valence-electron chi connectivity index (χ1n) is 6.31. The average Bonchev–Trinajstić information content (AvgIpc) is 2.97. The molecular weight excluding hydrogens is 212 g/mol. The molecule has 0 bridgehead atoms. The number of fused-ring (bicyclic) bond motifs is 1. The summed E-state index contributed by atoms with van der Waals surface area (Å²) in [6.07, 6.45) is 3.08. The van der Waals surface area contributed by atoms with Crippen molar-refractivity contribution in [1.29, 1.82) is 0 Å². The average molecular weight is 230 g/mol. The fourth-order valence-corrected chi connectivity index (χ4v) is 2.48. The van der Waals surface area contributed by atoms with Gasteiger partial charge in [0.2, 0.25) is 0 Å². The molecule has 1 aliphatic rings. The Morgan fingerprint density at radius 1 is 1.41 bits per heavy atom. The lowest BCUT2D eigenvalue weighted by atomic mass is 9.99. The molecule has 3 rings (SSSR count). The van der Waals surface area contributed by atoms with Gasteiger partial charge in [-0.1, -0.05) is 13.8 Å². The van der Waals surface area contributed by atoms with E-state index >= 15 is 0 Å². The molecule has 1 saturated heterocycles. The summed E-state index contributed by atoms with van der Waals surface area (Å²) in [6, 6.07) is 2.13. The molecule has 0 aliphatic carbocycles. The molecule has 4 heteroatoms. The number of H-pyrrole nitrogens is 1. The third kappa shape index (κ3) is 1.82. The van der Waals surface area contributed by atoms with E-state index in [1.165, 1.54) is 12.0 Å². The zero-order valence-corrected chi connectivity index (χ0v) is 10.3. The minimum atomic E-state index is 0.416. The van der Waals surface area contributed by atoms with Crippen LogP contribution in [-0.2, 0) is 0 Å². The lowest BCUT2D eigenvalue weighted by Gasteiger charge is -2.08. The third-order valence-corrected chi connectivity index (χ3v) is 3.49. The van der Waals surface area contributed by atoms with Crippen molar-refractivity contribution in [2.75, 3.05) is 13.1 Å². The van der Waals surface area contributed by atoms with Crippen molar-refractivity contribution in [2.45, 2.75) is 32.1 Å². The van der Waals surface area contributed by atoms with Crippen LogP contribution in [0, 0.1) is 0 Å².